The third-order valence-corrected chi connectivity index (χ3v) is 4.32. The Morgan fingerprint density at radius 2 is 1.44 bits per heavy atom. The number of carboxylic acids is 1. The van der Waals surface area contributed by atoms with Gasteiger partial charge >= 0.3 is 5.97 Å². The molecule has 0 aromatic rings. The zero-order valence-electron chi connectivity index (χ0n) is 16.4. The largest absolute Gasteiger partial charge is 0.477 e. The number of rotatable bonds is 19. The zero-order chi connectivity index (χ0) is 18.8. The van der Waals surface area contributed by atoms with Crippen LogP contribution >= 0.6 is 0 Å². The summed E-state index contributed by atoms with van der Waals surface area (Å²) in [7, 11) is 1.81. The van der Waals surface area contributed by atoms with Gasteiger partial charge in [0.25, 0.3) is 0 Å². The first kappa shape index (κ1) is 24.3. The minimum atomic E-state index is -0.856. The van der Waals surface area contributed by atoms with E-state index in [-0.39, 0.29) is 24.4 Å². The monoisotopic (exact) mass is 362 g/mol. The van der Waals surface area contributed by atoms with Crippen molar-refractivity contribution in [3.63, 3.8) is 0 Å². The third kappa shape index (κ3) is 16.5. The minimum Gasteiger partial charge on any atom is -0.477 e. The summed E-state index contributed by atoms with van der Waals surface area (Å²) in [5.41, 5.74) is 0. The maximum absolute atomic E-state index is 11.1. The molecule has 0 aromatic carbocycles. The quantitative estimate of drug-likeness (QED) is 0.209. The van der Waals surface area contributed by atoms with Crippen molar-refractivity contribution >= 4 is 5.97 Å². The van der Waals surface area contributed by atoms with Gasteiger partial charge in [0.05, 0.1) is 26.9 Å². The van der Waals surface area contributed by atoms with E-state index in [1.54, 1.807) is 0 Å². The zero-order valence-corrected chi connectivity index (χ0v) is 16.4. The molecule has 0 aliphatic heterocycles. The molecule has 0 spiro atoms. The number of aliphatic hydroxyl groups is 1. The third-order valence-electron chi connectivity index (χ3n) is 4.32. The molecular weight excluding hydrogens is 322 g/mol. The van der Waals surface area contributed by atoms with Gasteiger partial charge in [-0.1, -0.05) is 58.3 Å². The van der Waals surface area contributed by atoms with Gasteiger partial charge < -0.3 is 14.9 Å². The Morgan fingerprint density at radius 1 is 0.880 bits per heavy atom. The van der Waals surface area contributed by atoms with Gasteiger partial charge in [0.15, 0.2) is 0 Å². The predicted molar refractivity (Wildman–Crippen MR) is 99.3 cm³/mol. The van der Waals surface area contributed by atoms with E-state index in [1.165, 1.54) is 51.4 Å². The second-order valence-corrected chi connectivity index (χ2v) is 6.92. The Morgan fingerprint density at radius 3 is 1.96 bits per heavy atom. The molecule has 2 N–H and O–H groups in total. The van der Waals surface area contributed by atoms with Crippen LogP contribution in [0.3, 0.4) is 0 Å². The minimum absolute atomic E-state index is 0.0140. The van der Waals surface area contributed by atoms with Crippen LogP contribution in [0.1, 0.15) is 71.1 Å². The Kier molecular flexibility index (Phi) is 16.3. The van der Waals surface area contributed by atoms with Gasteiger partial charge in [-0.05, 0) is 12.8 Å². The molecule has 0 saturated carbocycles. The van der Waals surface area contributed by atoms with Crippen LogP contribution in [0.15, 0.2) is 0 Å². The van der Waals surface area contributed by atoms with E-state index in [4.69, 9.17) is 19.8 Å². The maximum Gasteiger partial charge on any atom is 0.362 e. The van der Waals surface area contributed by atoms with Crippen LogP contribution in [0.2, 0.25) is 0 Å². The maximum atomic E-state index is 11.1. The van der Waals surface area contributed by atoms with Crippen molar-refractivity contribution < 1.29 is 29.2 Å². The summed E-state index contributed by atoms with van der Waals surface area (Å²) in [5.74, 6) is -0.856. The molecule has 0 aliphatic rings. The number of carbonyl (C=O) groups is 1. The van der Waals surface area contributed by atoms with Crippen LogP contribution < -0.4 is 0 Å². The number of nitrogens with zero attached hydrogens (tertiary/aromatic N) is 1. The fraction of sp³-hybridized carbons (Fsp3) is 0.947. The van der Waals surface area contributed by atoms with E-state index < -0.39 is 5.97 Å². The summed E-state index contributed by atoms with van der Waals surface area (Å²) in [6, 6.07) is 0. The molecule has 25 heavy (non-hydrogen) atoms. The second-order valence-electron chi connectivity index (χ2n) is 6.92. The molecular formula is C19H40NO5+. The highest BCUT2D eigenvalue weighted by atomic mass is 16.7. The van der Waals surface area contributed by atoms with Crippen molar-refractivity contribution in [1.29, 1.82) is 0 Å². The number of aliphatic carboxylic acids is 1. The fourth-order valence-electron chi connectivity index (χ4n) is 2.89. The number of carboxylic acid groups (broad SMARTS) is 1. The number of likely N-dealkylation sites (N-methyl/N-ethyl adjacent to an activating group) is 1. The lowest BCUT2D eigenvalue weighted by Gasteiger charge is -2.30. The molecule has 0 heterocycles. The standard InChI is InChI=1S/C19H39NO5/c1-3-4-5-6-7-8-9-10-11-12-13-20(2,18-19(22)23)25-17-16-24-15-14-21/h21H,3-18H2,1-2H3/p+1. The summed E-state index contributed by atoms with van der Waals surface area (Å²) < 4.78 is 5.23. The van der Waals surface area contributed by atoms with Gasteiger partial charge in [0.1, 0.15) is 13.2 Å². The highest BCUT2D eigenvalue weighted by molar-refractivity contribution is 5.67. The number of hydroxylamine groups is 3. The molecule has 0 bridgehead atoms. The molecule has 0 radical (unpaired) electrons. The number of quaternary nitrogens is 1. The van der Waals surface area contributed by atoms with E-state index in [9.17, 15) is 4.79 Å². The second kappa shape index (κ2) is 16.8. The molecule has 150 valence electrons. The van der Waals surface area contributed by atoms with Crippen LogP contribution in [-0.4, -0.2) is 67.4 Å². The average Bonchev–Trinajstić information content (AvgIpc) is 2.56. The molecule has 1 atom stereocenters. The Hall–Kier alpha value is -0.690. The van der Waals surface area contributed by atoms with Gasteiger partial charge in [-0.15, -0.1) is 0 Å². The molecule has 0 aliphatic carbocycles. The lowest BCUT2D eigenvalue weighted by Crippen LogP contribution is -2.48. The molecule has 0 fully saturated rings. The van der Waals surface area contributed by atoms with E-state index in [2.05, 4.69) is 6.92 Å². The summed E-state index contributed by atoms with van der Waals surface area (Å²) in [6.45, 7) is 3.86. The lowest BCUT2D eigenvalue weighted by atomic mass is 10.1. The average molecular weight is 363 g/mol. The van der Waals surface area contributed by atoms with Gasteiger partial charge in [0, 0.05) is 0 Å². The molecule has 0 aromatic heterocycles. The Balaban J connectivity index is 3.78. The molecule has 0 saturated heterocycles. The lowest BCUT2D eigenvalue weighted by molar-refractivity contribution is -1.09. The number of hydrogen-bond acceptors (Lipinski definition) is 4. The number of unbranched alkanes of at least 4 members (excludes halogenated alkanes) is 9. The van der Waals surface area contributed by atoms with Crippen LogP contribution in [-0.2, 0) is 14.4 Å². The van der Waals surface area contributed by atoms with Gasteiger partial charge in [-0.25, -0.2) is 9.63 Å². The van der Waals surface area contributed by atoms with Crippen LogP contribution in [0.5, 0.6) is 0 Å². The van der Waals surface area contributed by atoms with Crippen molar-refractivity contribution in [3.8, 4) is 0 Å². The first-order valence-corrected chi connectivity index (χ1v) is 9.93. The summed E-state index contributed by atoms with van der Waals surface area (Å²) in [5, 5.41) is 17.7. The van der Waals surface area contributed by atoms with Gasteiger partial charge in [-0.2, -0.15) is 4.65 Å². The Labute approximate surface area is 153 Å². The molecule has 0 amide bonds. The number of hydrogen-bond donors (Lipinski definition) is 2. The van der Waals surface area contributed by atoms with Crippen molar-refractivity contribution in [2.75, 3.05) is 46.6 Å². The molecule has 6 nitrogen and oxygen atoms in total. The normalized spacial score (nSPS) is 13.7. The van der Waals surface area contributed by atoms with E-state index in [0.29, 0.717) is 19.8 Å². The first-order chi connectivity index (χ1) is 12.0. The van der Waals surface area contributed by atoms with Crippen LogP contribution in [0.4, 0.5) is 0 Å². The summed E-state index contributed by atoms with van der Waals surface area (Å²) in [6.07, 6.45) is 12.6. The summed E-state index contributed by atoms with van der Waals surface area (Å²) in [4.78, 5) is 16.8. The fourth-order valence-corrected chi connectivity index (χ4v) is 2.89. The van der Waals surface area contributed by atoms with Crippen molar-refractivity contribution in [3.05, 3.63) is 0 Å². The Bertz CT molecular complexity index is 314. The van der Waals surface area contributed by atoms with Crippen molar-refractivity contribution in [2.45, 2.75) is 71.1 Å². The topological polar surface area (TPSA) is 76.0 Å². The number of aliphatic hydroxyl groups excluding tert-OH is 1. The summed E-state index contributed by atoms with van der Waals surface area (Å²) >= 11 is 0. The number of ether oxygens (including phenoxy) is 1. The van der Waals surface area contributed by atoms with Crippen molar-refractivity contribution in [2.24, 2.45) is 0 Å². The molecule has 1 unspecified atom stereocenters. The van der Waals surface area contributed by atoms with E-state index >= 15 is 0 Å². The van der Waals surface area contributed by atoms with Crippen molar-refractivity contribution in [1.82, 2.24) is 0 Å². The van der Waals surface area contributed by atoms with E-state index in [1.807, 2.05) is 7.05 Å². The van der Waals surface area contributed by atoms with Crippen LogP contribution in [0.25, 0.3) is 0 Å². The molecule has 6 heteroatoms. The highest BCUT2D eigenvalue weighted by Gasteiger charge is 2.27. The van der Waals surface area contributed by atoms with Crippen LogP contribution in [0, 0.1) is 0 Å². The smallest absolute Gasteiger partial charge is 0.362 e. The first-order valence-electron chi connectivity index (χ1n) is 9.93. The SMILES string of the molecule is CCCCCCCCCCCC[N+](C)(CC(=O)O)OCCOCCO. The predicted octanol–water partition coefficient (Wildman–Crippen LogP) is 3.38. The highest BCUT2D eigenvalue weighted by Crippen LogP contribution is 2.13. The van der Waals surface area contributed by atoms with Gasteiger partial charge in [-0.3, -0.25) is 0 Å². The van der Waals surface area contributed by atoms with E-state index in [0.717, 1.165) is 12.8 Å². The van der Waals surface area contributed by atoms with Gasteiger partial charge in [0.2, 0.25) is 6.54 Å². The molecule has 0 rings (SSSR count).